The van der Waals surface area contributed by atoms with Crippen LogP contribution in [0.5, 0.6) is 11.5 Å². The number of carbonyl (C=O) groups excluding carboxylic acids is 1. The molecule has 2 heterocycles. The number of nitrogens with one attached hydrogen (secondary N) is 1. The molecule has 156 valence electrons. The molecule has 0 aliphatic carbocycles. The van der Waals surface area contributed by atoms with Gasteiger partial charge in [0, 0.05) is 18.1 Å². The Morgan fingerprint density at radius 1 is 0.968 bits per heavy atom. The number of amides is 1. The van der Waals surface area contributed by atoms with Crippen LogP contribution in [0.15, 0.2) is 72.9 Å². The zero-order chi connectivity index (χ0) is 21.6. The number of pyridine rings is 2. The third-order valence-electron chi connectivity index (χ3n) is 4.87. The topological polar surface area (TPSA) is 73.3 Å². The maximum absolute atomic E-state index is 13.1. The minimum Gasteiger partial charge on any atom is -0.493 e. The van der Waals surface area contributed by atoms with Gasteiger partial charge in [-0.1, -0.05) is 30.3 Å². The summed E-state index contributed by atoms with van der Waals surface area (Å²) in [5, 5.41) is 3.81. The van der Waals surface area contributed by atoms with Crippen molar-refractivity contribution in [3.63, 3.8) is 0 Å². The lowest BCUT2D eigenvalue weighted by Crippen LogP contribution is -2.23. The zero-order valence-corrected chi connectivity index (χ0v) is 17.5. The molecule has 0 fully saturated rings. The fraction of sp³-hybridized carbons (Fsp3) is 0.160. The Morgan fingerprint density at radius 3 is 2.58 bits per heavy atom. The lowest BCUT2D eigenvalue weighted by atomic mass is 10.1. The van der Waals surface area contributed by atoms with E-state index in [1.807, 2.05) is 67.6 Å². The van der Waals surface area contributed by atoms with Gasteiger partial charge in [-0.15, -0.1) is 0 Å². The molecule has 2 aromatic heterocycles. The van der Waals surface area contributed by atoms with E-state index in [0.717, 1.165) is 22.2 Å². The summed E-state index contributed by atoms with van der Waals surface area (Å²) in [6, 6.07) is 20.7. The summed E-state index contributed by atoms with van der Waals surface area (Å²) in [5.74, 6) is 1.14. The van der Waals surface area contributed by atoms with Crippen LogP contribution in [0.4, 0.5) is 0 Å². The number of aromatic nitrogens is 2. The molecule has 4 aromatic rings. The molecule has 4 rings (SSSR count). The van der Waals surface area contributed by atoms with Crippen LogP contribution < -0.4 is 14.8 Å². The van der Waals surface area contributed by atoms with Gasteiger partial charge in [-0.25, -0.2) is 4.98 Å². The SMILES string of the molecule is CCOc1cc(CNC(=O)c2cc(-c3ccccn3)nc3ccccc23)ccc1OC. The fourth-order valence-electron chi connectivity index (χ4n) is 3.39. The fourth-order valence-corrected chi connectivity index (χ4v) is 3.39. The Morgan fingerprint density at radius 2 is 1.81 bits per heavy atom. The Balaban J connectivity index is 1.63. The molecule has 31 heavy (non-hydrogen) atoms. The van der Waals surface area contributed by atoms with E-state index in [-0.39, 0.29) is 5.91 Å². The van der Waals surface area contributed by atoms with E-state index in [4.69, 9.17) is 9.47 Å². The highest BCUT2D eigenvalue weighted by Gasteiger charge is 2.15. The van der Waals surface area contributed by atoms with Crippen LogP contribution >= 0.6 is 0 Å². The van der Waals surface area contributed by atoms with Crippen molar-refractivity contribution in [3.05, 3.63) is 84.1 Å². The van der Waals surface area contributed by atoms with Crippen LogP contribution in [0.25, 0.3) is 22.3 Å². The Labute approximate surface area is 180 Å². The molecule has 0 saturated carbocycles. The molecule has 0 aliphatic rings. The largest absolute Gasteiger partial charge is 0.493 e. The second-order valence-electron chi connectivity index (χ2n) is 6.89. The van der Waals surface area contributed by atoms with Crippen LogP contribution in [-0.4, -0.2) is 29.6 Å². The third-order valence-corrected chi connectivity index (χ3v) is 4.87. The van der Waals surface area contributed by atoms with Crippen molar-refractivity contribution in [2.24, 2.45) is 0 Å². The number of ether oxygens (including phenoxy) is 2. The van der Waals surface area contributed by atoms with E-state index >= 15 is 0 Å². The van der Waals surface area contributed by atoms with Crippen LogP contribution in [-0.2, 0) is 6.54 Å². The number of para-hydroxylation sites is 1. The maximum Gasteiger partial charge on any atom is 0.252 e. The molecule has 1 amide bonds. The Kier molecular flexibility index (Phi) is 6.08. The van der Waals surface area contributed by atoms with Gasteiger partial charge in [0.1, 0.15) is 0 Å². The van der Waals surface area contributed by atoms with Gasteiger partial charge in [0.25, 0.3) is 5.91 Å². The van der Waals surface area contributed by atoms with Crippen LogP contribution in [0, 0.1) is 0 Å². The van der Waals surface area contributed by atoms with Crippen LogP contribution in [0.2, 0.25) is 0 Å². The average molecular weight is 413 g/mol. The molecule has 6 heteroatoms. The third kappa shape index (κ3) is 4.48. The number of hydrogen-bond acceptors (Lipinski definition) is 5. The van der Waals surface area contributed by atoms with Crippen molar-refractivity contribution in [1.82, 2.24) is 15.3 Å². The molecule has 0 radical (unpaired) electrons. The summed E-state index contributed by atoms with van der Waals surface area (Å²) < 4.78 is 11.0. The van der Waals surface area contributed by atoms with Gasteiger partial charge >= 0.3 is 0 Å². The van der Waals surface area contributed by atoms with E-state index in [2.05, 4.69) is 15.3 Å². The van der Waals surface area contributed by atoms with Gasteiger partial charge in [-0.3, -0.25) is 9.78 Å². The Hall–Kier alpha value is -3.93. The van der Waals surface area contributed by atoms with Crippen molar-refractivity contribution >= 4 is 16.8 Å². The lowest BCUT2D eigenvalue weighted by molar-refractivity contribution is 0.0952. The van der Waals surface area contributed by atoms with Crippen LogP contribution in [0.1, 0.15) is 22.8 Å². The predicted molar refractivity (Wildman–Crippen MR) is 120 cm³/mol. The number of fused-ring (bicyclic) bond motifs is 1. The molecule has 0 aliphatic heterocycles. The van der Waals surface area contributed by atoms with Crippen molar-refractivity contribution in [1.29, 1.82) is 0 Å². The molecule has 0 unspecified atom stereocenters. The van der Waals surface area contributed by atoms with E-state index < -0.39 is 0 Å². The first-order chi connectivity index (χ1) is 15.2. The van der Waals surface area contributed by atoms with Gasteiger partial charge in [0.05, 0.1) is 36.2 Å². The molecule has 2 aromatic carbocycles. The van der Waals surface area contributed by atoms with Crippen LogP contribution in [0.3, 0.4) is 0 Å². The molecular formula is C25H23N3O3. The Bertz CT molecular complexity index is 1210. The number of nitrogens with zero attached hydrogens (tertiary/aromatic N) is 2. The minimum absolute atomic E-state index is 0.176. The molecule has 1 N–H and O–H groups in total. The molecule has 0 spiro atoms. The molecule has 0 saturated heterocycles. The van der Waals surface area contributed by atoms with Crippen molar-refractivity contribution in [2.45, 2.75) is 13.5 Å². The summed E-state index contributed by atoms with van der Waals surface area (Å²) in [7, 11) is 1.60. The van der Waals surface area contributed by atoms with Gasteiger partial charge in [-0.05, 0) is 48.9 Å². The van der Waals surface area contributed by atoms with E-state index in [1.54, 1.807) is 19.4 Å². The van der Waals surface area contributed by atoms with E-state index in [0.29, 0.717) is 35.9 Å². The summed E-state index contributed by atoms with van der Waals surface area (Å²) in [4.78, 5) is 22.2. The summed E-state index contributed by atoms with van der Waals surface area (Å²) >= 11 is 0. The first-order valence-electron chi connectivity index (χ1n) is 10.1. The van der Waals surface area contributed by atoms with Crippen molar-refractivity contribution < 1.29 is 14.3 Å². The average Bonchev–Trinajstić information content (AvgIpc) is 2.82. The summed E-state index contributed by atoms with van der Waals surface area (Å²) in [5.41, 5.74) is 3.61. The monoisotopic (exact) mass is 413 g/mol. The summed E-state index contributed by atoms with van der Waals surface area (Å²) in [6.45, 7) is 2.81. The standard InChI is InChI=1S/C25H23N3O3/c1-3-31-24-14-17(11-12-23(24)30-2)16-27-25(29)19-15-22(21-10-6-7-13-26-21)28-20-9-5-4-8-18(19)20/h4-15H,3,16H2,1-2H3,(H,27,29). The number of rotatable bonds is 7. The van der Waals surface area contributed by atoms with Gasteiger partial charge in [-0.2, -0.15) is 0 Å². The van der Waals surface area contributed by atoms with Gasteiger partial charge < -0.3 is 14.8 Å². The lowest BCUT2D eigenvalue weighted by Gasteiger charge is -2.13. The van der Waals surface area contributed by atoms with E-state index in [9.17, 15) is 4.79 Å². The van der Waals surface area contributed by atoms with Gasteiger partial charge in [0.15, 0.2) is 11.5 Å². The highest BCUT2D eigenvalue weighted by atomic mass is 16.5. The first kappa shape index (κ1) is 20.3. The summed E-state index contributed by atoms with van der Waals surface area (Å²) in [6.07, 6.45) is 1.71. The quantitative estimate of drug-likeness (QED) is 0.478. The highest BCUT2D eigenvalue weighted by molar-refractivity contribution is 6.07. The maximum atomic E-state index is 13.1. The molecule has 0 atom stereocenters. The molecule has 0 bridgehead atoms. The zero-order valence-electron chi connectivity index (χ0n) is 17.5. The highest BCUT2D eigenvalue weighted by Crippen LogP contribution is 2.28. The van der Waals surface area contributed by atoms with Crippen molar-refractivity contribution in [3.8, 4) is 22.9 Å². The van der Waals surface area contributed by atoms with Gasteiger partial charge in [0.2, 0.25) is 0 Å². The minimum atomic E-state index is -0.176. The number of methoxy groups -OCH3 is 1. The first-order valence-corrected chi connectivity index (χ1v) is 10.1. The second kappa shape index (κ2) is 9.26. The smallest absolute Gasteiger partial charge is 0.252 e. The number of benzene rings is 2. The predicted octanol–water partition coefficient (Wildman–Crippen LogP) is 4.63. The number of hydrogen-bond donors (Lipinski definition) is 1. The molecule has 6 nitrogen and oxygen atoms in total. The molecular weight excluding hydrogens is 390 g/mol. The number of carbonyl (C=O) groups is 1. The normalized spacial score (nSPS) is 10.6. The van der Waals surface area contributed by atoms with Crippen molar-refractivity contribution in [2.75, 3.05) is 13.7 Å². The van der Waals surface area contributed by atoms with E-state index in [1.165, 1.54) is 0 Å². The second-order valence-corrected chi connectivity index (χ2v) is 6.89.